The van der Waals surface area contributed by atoms with Crippen LogP contribution in [0.3, 0.4) is 0 Å². The van der Waals surface area contributed by atoms with Crippen LogP contribution in [0.5, 0.6) is 0 Å². The highest BCUT2D eigenvalue weighted by atomic mass is 16.5. The maximum absolute atomic E-state index is 5.37. The van der Waals surface area contributed by atoms with Gasteiger partial charge in [0.05, 0.1) is 0 Å². The zero-order valence-electron chi connectivity index (χ0n) is 7.44. The summed E-state index contributed by atoms with van der Waals surface area (Å²) >= 11 is 0. The molecule has 1 aromatic carbocycles. The average Bonchev–Trinajstić information content (AvgIpc) is 2.21. The third-order valence-electron chi connectivity index (χ3n) is 1.69. The third-order valence-corrected chi connectivity index (χ3v) is 1.69. The molecule has 1 atom stereocenters. The maximum atomic E-state index is 5.37. The topological polar surface area (TPSA) is 9.23 Å². The first-order valence-electron chi connectivity index (χ1n) is 4.11. The highest BCUT2D eigenvalue weighted by Crippen LogP contribution is 2.17. The van der Waals surface area contributed by atoms with Gasteiger partial charge in [0.25, 0.3) is 0 Å². The minimum Gasteiger partial charge on any atom is -0.357 e. The second-order valence-corrected chi connectivity index (χ2v) is 2.58. The van der Waals surface area contributed by atoms with Crippen molar-refractivity contribution in [1.29, 1.82) is 0 Å². The molecule has 0 N–H and O–H groups in total. The minimum absolute atomic E-state index is 0.0998. The second kappa shape index (κ2) is 5.18. The van der Waals surface area contributed by atoms with Gasteiger partial charge in [0.2, 0.25) is 0 Å². The minimum atomic E-state index is -0.0998. The Bertz CT molecular complexity index is 295. The first-order chi connectivity index (χ1) is 6.38. The molecule has 1 nitrogen and oxygen atoms in total. The van der Waals surface area contributed by atoms with Gasteiger partial charge in [0.1, 0.15) is 12.7 Å². The summed E-state index contributed by atoms with van der Waals surface area (Å²) in [6, 6.07) is 9.87. The molecule has 0 bridgehead atoms. The standard InChI is InChI=1S/C12H12O/c1-3-10-13-12(4-2)11-8-6-5-7-9-11/h1,4-9,12H,2,10H2/t12-/m0/s1. The van der Waals surface area contributed by atoms with Gasteiger partial charge in [-0.05, 0) is 5.56 Å². The third kappa shape index (κ3) is 2.77. The van der Waals surface area contributed by atoms with Gasteiger partial charge in [-0.25, -0.2) is 0 Å². The summed E-state index contributed by atoms with van der Waals surface area (Å²) in [7, 11) is 0. The Morgan fingerprint density at radius 1 is 1.46 bits per heavy atom. The van der Waals surface area contributed by atoms with E-state index in [-0.39, 0.29) is 6.10 Å². The van der Waals surface area contributed by atoms with Gasteiger partial charge in [-0.15, -0.1) is 13.0 Å². The number of ether oxygens (including phenoxy) is 1. The summed E-state index contributed by atoms with van der Waals surface area (Å²) in [5, 5.41) is 0. The molecule has 0 aliphatic heterocycles. The molecule has 0 radical (unpaired) electrons. The van der Waals surface area contributed by atoms with Crippen LogP contribution in [0, 0.1) is 12.3 Å². The molecule has 1 heteroatoms. The Labute approximate surface area is 79.0 Å². The van der Waals surface area contributed by atoms with Gasteiger partial charge in [-0.3, -0.25) is 0 Å². The Morgan fingerprint density at radius 3 is 2.69 bits per heavy atom. The smallest absolute Gasteiger partial charge is 0.108 e. The SMILES string of the molecule is C#CCO[C@@H](C=C)c1ccccc1. The predicted octanol–water partition coefficient (Wildman–Crippen LogP) is 2.56. The van der Waals surface area contributed by atoms with Crippen LogP contribution in [0.1, 0.15) is 11.7 Å². The Morgan fingerprint density at radius 2 is 2.15 bits per heavy atom. The van der Waals surface area contributed by atoms with Crippen LogP contribution in [0.2, 0.25) is 0 Å². The summed E-state index contributed by atoms with van der Waals surface area (Å²) < 4.78 is 5.37. The molecule has 0 saturated carbocycles. The van der Waals surface area contributed by atoms with Crippen LogP contribution in [0.15, 0.2) is 43.0 Å². The Kier molecular flexibility index (Phi) is 3.81. The van der Waals surface area contributed by atoms with Crippen LogP contribution in [-0.2, 0) is 4.74 Å². The number of hydrogen-bond donors (Lipinski definition) is 0. The van der Waals surface area contributed by atoms with Crippen molar-refractivity contribution < 1.29 is 4.74 Å². The van der Waals surface area contributed by atoms with Crippen molar-refractivity contribution in [2.24, 2.45) is 0 Å². The molecule has 0 unspecified atom stereocenters. The van der Waals surface area contributed by atoms with Gasteiger partial charge < -0.3 is 4.74 Å². The van der Waals surface area contributed by atoms with Crippen LogP contribution in [-0.4, -0.2) is 6.61 Å². The van der Waals surface area contributed by atoms with E-state index in [1.807, 2.05) is 30.3 Å². The summed E-state index contributed by atoms with van der Waals surface area (Å²) in [4.78, 5) is 0. The van der Waals surface area contributed by atoms with E-state index in [0.717, 1.165) is 5.56 Å². The van der Waals surface area contributed by atoms with Gasteiger partial charge >= 0.3 is 0 Å². The molecule has 1 rings (SSSR count). The van der Waals surface area contributed by atoms with Crippen LogP contribution < -0.4 is 0 Å². The monoisotopic (exact) mass is 172 g/mol. The molecule has 13 heavy (non-hydrogen) atoms. The fraction of sp³-hybridized carbons (Fsp3) is 0.167. The summed E-state index contributed by atoms with van der Waals surface area (Å²) in [5.74, 6) is 2.43. The van der Waals surface area contributed by atoms with Gasteiger partial charge in [-0.2, -0.15) is 0 Å². The highest BCUT2D eigenvalue weighted by Gasteiger charge is 2.04. The first-order valence-corrected chi connectivity index (χ1v) is 4.11. The summed E-state index contributed by atoms with van der Waals surface area (Å²) in [6.07, 6.45) is 6.74. The molecular weight excluding hydrogens is 160 g/mol. The molecule has 0 saturated heterocycles. The fourth-order valence-electron chi connectivity index (χ4n) is 1.08. The van der Waals surface area contributed by atoms with Crippen molar-refractivity contribution in [3.63, 3.8) is 0 Å². The summed E-state index contributed by atoms with van der Waals surface area (Å²) in [6.45, 7) is 4.01. The molecule has 0 fully saturated rings. The van der Waals surface area contributed by atoms with E-state index in [9.17, 15) is 0 Å². The van der Waals surface area contributed by atoms with Crippen molar-refractivity contribution >= 4 is 0 Å². The second-order valence-electron chi connectivity index (χ2n) is 2.58. The molecule has 1 aromatic rings. The van der Waals surface area contributed by atoms with Crippen molar-refractivity contribution in [2.45, 2.75) is 6.10 Å². The molecule has 66 valence electrons. The van der Waals surface area contributed by atoms with Gasteiger partial charge in [0.15, 0.2) is 0 Å². The van der Waals surface area contributed by atoms with Gasteiger partial charge in [0, 0.05) is 0 Å². The van der Waals surface area contributed by atoms with Crippen molar-refractivity contribution in [3.05, 3.63) is 48.6 Å². The fourth-order valence-corrected chi connectivity index (χ4v) is 1.08. The molecule has 0 heterocycles. The largest absolute Gasteiger partial charge is 0.357 e. The number of rotatable bonds is 4. The predicted molar refractivity (Wildman–Crippen MR) is 54.2 cm³/mol. The van der Waals surface area contributed by atoms with E-state index in [0.29, 0.717) is 6.61 Å². The van der Waals surface area contributed by atoms with E-state index in [1.54, 1.807) is 6.08 Å². The number of terminal acetylenes is 1. The molecular formula is C12H12O. The van der Waals surface area contributed by atoms with Crippen LogP contribution in [0.25, 0.3) is 0 Å². The molecule has 0 amide bonds. The quantitative estimate of drug-likeness (QED) is 0.501. The Hall–Kier alpha value is -1.52. The summed E-state index contributed by atoms with van der Waals surface area (Å²) in [5.41, 5.74) is 1.08. The number of hydrogen-bond acceptors (Lipinski definition) is 1. The van der Waals surface area contributed by atoms with E-state index in [2.05, 4.69) is 12.5 Å². The first kappa shape index (κ1) is 9.57. The molecule has 0 aromatic heterocycles. The highest BCUT2D eigenvalue weighted by molar-refractivity contribution is 5.20. The molecule has 0 aliphatic carbocycles. The van der Waals surface area contributed by atoms with Gasteiger partial charge in [-0.1, -0.05) is 42.3 Å². The number of benzene rings is 1. The molecule has 0 aliphatic rings. The normalized spacial score (nSPS) is 11.6. The lowest BCUT2D eigenvalue weighted by molar-refractivity contribution is 0.114. The van der Waals surface area contributed by atoms with E-state index < -0.39 is 0 Å². The Balaban J connectivity index is 2.68. The lowest BCUT2D eigenvalue weighted by Crippen LogP contribution is -2.00. The lowest BCUT2D eigenvalue weighted by Gasteiger charge is -2.11. The van der Waals surface area contributed by atoms with Crippen molar-refractivity contribution in [2.75, 3.05) is 6.61 Å². The zero-order chi connectivity index (χ0) is 9.52. The van der Waals surface area contributed by atoms with Crippen LogP contribution >= 0.6 is 0 Å². The molecule has 0 spiro atoms. The van der Waals surface area contributed by atoms with Crippen molar-refractivity contribution in [1.82, 2.24) is 0 Å². The van der Waals surface area contributed by atoms with E-state index in [4.69, 9.17) is 11.2 Å². The van der Waals surface area contributed by atoms with E-state index in [1.165, 1.54) is 0 Å². The average molecular weight is 172 g/mol. The zero-order valence-corrected chi connectivity index (χ0v) is 7.44. The lowest BCUT2D eigenvalue weighted by atomic mass is 10.1. The van der Waals surface area contributed by atoms with Crippen molar-refractivity contribution in [3.8, 4) is 12.3 Å². The van der Waals surface area contributed by atoms with E-state index >= 15 is 0 Å². The van der Waals surface area contributed by atoms with Crippen LogP contribution in [0.4, 0.5) is 0 Å². The maximum Gasteiger partial charge on any atom is 0.108 e.